The van der Waals surface area contributed by atoms with Gasteiger partial charge in [-0.05, 0) is 36.8 Å². The van der Waals surface area contributed by atoms with Gasteiger partial charge in [-0.15, -0.1) is 0 Å². The van der Waals surface area contributed by atoms with Gasteiger partial charge in [0.05, 0.1) is 26.0 Å². The SMILES string of the molecule is CC(NC(=O)c1ccc(Cl)c(S(C)(=O)=O)c1)c1cccc(Cl)c1Cl. The maximum Gasteiger partial charge on any atom is 0.251 e. The molecule has 1 unspecified atom stereocenters. The number of benzene rings is 2. The smallest absolute Gasteiger partial charge is 0.251 e. The van der Waals surface area contributed by atoms with Crippen molar-refractivity contribution in [1.82, 2.24) is 5.32 Å². The number of carbonyl (C=O) groups is 1. The van der Waals surface area contributed by atoms with Gasteiger partial charge in [0, 0.05) is 11.8 Å². The van der Waals surface area contributed by atoms with Gasteiger partial charge in [0.1, 0.15) is 0 Å². The van der Waals surface area contributed by atoms with Crippen molar-refractivity contribution in [3.8, 4) is 0 Å². The van der Waals surface area contributed by atoms with Crippen LogP contribution in [0.4, 0.5) is 0 Å². The molecule has 0 heterocycles. The van der Waals surface area contributed by atoms with E-state index in [0.717, 1.165) is 6.26 Å². The number of hydrogen-bond acceptors (Lipinski definition) is 3. The maximum atomic E-state index is 12.4. The van der Waals surface area contributed by atoms with Crippen LogP contribution in [0.3, 0.4) is 0 Å². The zero-order chi connectivity index (χ0) is 18.1. The van der Waals surface area contributed by atoms with Gasteiger partial charge in [0.15, 0.2) is 9.84 Å². The molecular formula is C16H14Cl3NO3S. The van der Waals surface area contributed by atoms with E-state index in [-0.39, 0.29) is 15.5 Å². The molecule has 0 saturated carbocycles. The second kappa shape index (κ2) is 7.31. The fraction of sp³-hybridized carbons (Fsp3) is 0.188. The molecule has 0 bridgehead atoms. The van der Waals surface area contributed by atoms with Crippen LogP contribution in [0.25, 0.3) is 0 Å². The number of rotatable bonds is 4. The summed E-state index contributed by atoms with van der Waals surface area (Å²) >= 11 is 18.0. The predicted molar refractivity (Wildman–Crippen MR) is 96.9 cm³/mol. The highest BCUT2D eigenvalue weighted by Gasteiger charge is 2.18. The Morgan fingerprint density at radius 2 is 1.75 bits per heavy atom. The summed E-state index contributed by atoms with van der Waals surface area (Å²) in [4.78, 5) is 12.3. The van der Waals surface area contributed by atoms with Gasteiger partial charge in [-0.25, -0.2) is 8.42 Å². The lowest BCUT2D eigenvalue weighted by atomic mass is 10.1. The number of halogens is 3. The monoisotopic (exact) mass is 405 g/mol. The van der Waals surface area contributed by atoms with E-state index in [1.54, 1.807) is 25.1 Å². The molecule has 1 amide bonds. The molecule has 128 valence electrons. The number of amides is 1. The van der Waals surface area contributed by atoms with E-state index in [9.17, 15) is 13.2 Å². The van der Waals surface area contributed by atoms with Crippen molar-refractivity contribution in [2.24, 2.45) is 0 Å². The lowest BCUT2D eigenvalue weighted by Crippen LogP contribution is -2.27. The molecule has 0 aliphatic heterocycles. The zero-order valence-electron chi connectivity index (χ0n) is 12.8. The molecule has 0 fully saturated rings. The summed E-state index contributed by atoms with van der Waals surface area (Å²) in [5, 5.41) is 3.58. The fourth-order valence-electron chi connectivity index (χ4n) is 2.14. The van der Waals surface area contributed by atoms with E-state index in [1.165, 1.54) is 18.2 Å². The Balaban J connectivity index is 2.29. The van der Waals surface area contributed by atoms with E-state index in [0.29, 0.717) is 15.6 Å². The van der Waals surface area contributed by atoms with Gasteiger partial charge < -0.3 is 5.32 Å². The number of hydrogen-bond donors (Lipinski definition) is 1. The van der Waals surface area contributed by atoms with Crippen LogP contribution in [0.15, 0.2) is 41.3 Å². The highest BCUT2D eigenvalue weighted by molar-refractivity contribution is 7.90. The first-order valence-corrected chi connectivity index (χ1v) is 9.88. The van der Waals surface area contributed by atoms with Gasteiger partial charge in [0.25, 0.3) is 5.91 Å². The summed E-state index contributed by atoms with van der Waals surface area (Å²) in [5.41, 5.74) is 0.847. The second-order valence-corrected chi connectivity index (χ2v) is 8.43. The van der Waals surface area contributed by atoms with E-state index >= 15 is 0 Å². The van der Waals surface area contributed by atoms with Crippen LogP contribution in [0.2, 0.25) is 15.1 Å². The fourth-order valence-corrected chi connectivity index (χ4v) is 3.91. The lowest BCUT2D eigenvalue weighted by molar-refractivity contribution is 0.0939. The lowest BCUT2D eigenvalue weighted by Gasteiger charge is -2.17. The molecular weight excluding hydrogens is 393 g/mol. The standard InChI is InChI=1S/C16H14Cl3NO3S/c1-9(11-4-3-5-13(18)15(11)19)20-16(21)10-6-7-12(17)14(8-10)24(2,22)23/h3-9H,1-2H3,(H,20,21). The molecule has 1 atom stereocenters. The van der Waals surface area contributed by atoms with E-state index in [1.807, 2.05) is 0 Å². The average Bonchev–Trinajstić information content (AvgIpc) is 2.49. The first kappa shape index (κ1) is 19.1. The van der Waals surface area contributed by atoms with Gasteiger partial charge in [-0.2, -0.15) is 0 Å². The number of nitrogens with one attached hydrogen (secondary N) is 1. The molecule has 24 heavy (non-hydrogen) atoms. The Morgan fingerprint density at radius 3 is 2.38 bits per heavy atom. The molecule has 8 heteroatoms. The Morgan fingerprint density at radius 1 is 1.08 bits per heavy atom. The molecule has 0 aromatic heterocycles. The molecule has 0 aliphatic carbocycles. The van der Waals surface area contributed by atoms with Crippen molar-refractivity contribution < 1.29 is 13.2 Å². The summed E-state index contributed by atoms with van der Waals surface area (Å²) in [5.74, 6) is -0.444. The molecule has 0 spiro atoms. The summed E-state index contributed by atoms with van der Waals surface area (Å²) < 4.78 is 23.4. The maximum absolute atomic E-state index is 12.4. The van der Waals surface area contributed by atoms with Crippen molar-refractivity contribution >= 4 is 50.5 Å². The molecule has 0 saturated heterocycles. The van der Waals surface area contributed by atoms with Crippen LogP contribution >= 0.6 is 34.8 Å². The summed E-state index contributed by atoms with van der Waals surface area (Å²) in [6, 6.07) is 8.81. The van der Waals surface area contributed by atoms with Crippen molar-refractivity contribution in [1.29, 1.82) is 0 Å². The average molecular weight is 407 g/mol. The topological polar surface area (TPSA) is 63.2 Å². The van der Waals surface area contributed by atoms with E-state index < -0.39 is 21.8 Å². The van der Waals surface area contributed by atoms with Gasteiger partial charge in [-0.1, -0.05) is 46.9 Å². The minimum absolute atomic E-state index is 0.0694. The number of sulfone groups is 1. The highest BCUT2D eigenvalue weighted by atomic mass is 35.5. The predicted octanol–water partition coefficient (Wildman–Crippen LogP) is 4.54. The molecule has 2 aromatic rings. The largest absolute Gasteiger partial charge is 0.345 e. The molecule has 0 radical (unpaired) electrons. The third kappa shape index (κ3) is 4.22. The van der Waals surface area contributed by atoms with Crippen LogP contribution in [-0.2, 0) is 9.84 Å². The van der Waals surface area contributed by atoms with Crippen LogP contribution in [-0.4, -0.2) is 20.6 Å². The molecule has 4 nitrogen and oxygen atoms in total. The summed E-state index contributed by atoms with van der Waals surface area (Å²) in [6.07, 6.45) is 1.03. The summed E-state index contributed by atoms with van der Waals surface area (Å²) in [6.45, 7) is 1.75. The van der Waals surface area contributed by atoms with Gasteiger partial charge in [0.2, 0.25) is 0 Å². The van der Waals surface area contributed by atoms with Crippen molar-refractivity contribution in [2.45, 2.75) is 17.9 Å². The van der Waals surface area contributed by atoms with Gasteiger partial charge in [-0.3, -0.25) is 4.79 Å². The Hall–Kier alpha value is -1.27. The number of carbonyl (C=O) groups excluding carboxylic acids is 1. The zero-order valence-corrected chi connectivity index (χ0v) is 15.9. The third-order valence-corrected chi connectivity index (χ3v) is 5.80. The normalized spacial score (nSPS) is 12.7. The van der Waals surface area contributed by atoms with E-state index in [4.69, 9.17) is 34.8 Å². The minimum atomic E-state index is -3.53. The Bertz CT molecular complexity index is 897. The van der Waals surface area contributed by atoms with Crippen LogP contribution in [0, 0.1) is 0 Å². The Kier molecular flexibility index (Phi) is 5.81. The van der Waals surface area contributed by atoms with E-state index in [2.05, 4.69) is 5.32 Å². The van der Waals surface area contributed by atoms with Crippen molar-refractivity contribution in [3.63, 3.8) is 0 Å². The Labute approximate surface area is 155 Å². The van der Waals surface area contributed by atoms with Crippen molar-refractivity contribution in [2.75, 3.05) is 6.26 Å². The molecule has 2 aromatic carbocycles. The minimum Gasteiger partial charge on any atom is -0.345 e. The quantitative estimate of drug-likeness (QED) is 0.810. The third-order valence-electron chi connectivity index (χ3n) is 3.39. The molecule has 0 aliphatic rings. The van der Waals surface area contributed by atoms with Crippen molar-refractivity contribution in [3.05, 3.63) is 62.6 Å². The molecule has 1 N–H and O–H groups in total. The molecule has 2 rings (SSSR count). The van der Waals surface area contributed by atoms with Crippen LogP contribution < -0.4 is 5.32 Å². The highest BCUT2D eigenvalue weighted by Crippen LogP contribution is 2.30. The van der Waals surface area contributed by atoms with Gasteiger partial charge >= 0.3 is 0 Å². The van der Waals surface area contributed by atoms with Crippen LogP contribution in [0.5, 0.6) is 0 Å². The first-order chi connectivity index (χ1) is 11.1. The second-order valence-electron chi connectivity index (χ2n) is 5.26. The van der Waals surface area contributed by atoms with Crippen LogP contribution in [0.1, 0.15) is 28.9 Å². The summed E-state index contributed by atoms with van der Waals surface area (Å²) in [7, 11) is -3.53. The first-order valence-electron chi connectivity index (χ1n) is 6.85.